The first-order valence-electron chi connectivity index (χ1n) is 4.47. The lowest BCUT2D eigenvalue weighted by atomic mass is 10.0. The summed E-state index contributed by atoms with van der Waals surface area (Å²) in [6.45, 7) is 9.03. The minimum absolute atomic E-state index is 0.615. The molecule has 0 aromatic heterocycles. The Labute approximate surface area is 71.0 Å². The van der Waals surface area contributed by atoms with Crippen molar-refractivity contribution in [3.05, 3.63) is 0 Å². The molecule has 0 aliphatic rings. The van der Waals surface area contributed by atoms with Crippen molar-refractivity contribution < 1.29 is 0 Å². The lowest BCUT2D eigenvalue weighted by Gasteiger charge is -2.24. The van der Waals surface area contributed by atoms with Gasteiger partial charge >= 0.3 is 0 Å². The Kier molecular flexibility index (Phi) is 5.51. The third-order valence-electron chi connectivity index (χ3n) is 2.45. The number of hydrogen-bond donors (Lipinski definition) is 1. The molecule has 0 rings (SSSR count). The lowest BCUT2D eigenvalue weighted by molar-refractivity contribution is 0.267. The standard InChI is InChI=1S/C9H22N2/c1-6-11(5)7-8(2)9(3)10-4/h8-10H,6-7H2,1-5H3. The average molecular weight is 158 g/mol. The Balaban J connectivity index is 3.58. The number of hydrogen-bond acceptors (Lipinski definition) is 2. The Hall–Kier alpha value is -0.0800. The molecule has 1 N–H and O–H groups in total. The maximum Gasteiger partial charge on any atom is 0.00735 e. The van der Waals surface area contributed by atoms with E-state index in [-0.39, 0.29) is 0 Å². The summed E-state index contributed by atoms with van der Waals surface area (Å²) in [7, 11) is 4.19. The molecule has 0 heterocycles. The van der Waals surface area contributed by atoms with Crippen LogP contribution in [0.1, 0.15) is 20.8 Å². The fraction of sp³-hybridized carbons (Fsp3) is 1.00. The van der Waals surface area contributed by atoms with Gasteiger partial charge in [0.05, 0.1) is 0 Å². The molecule has 0 aliphatic heterocycles. The summed E-state index contributed by atoms with van der Waals surface area (Å²) in [5.41, 5.74) is 0. The highest BCUT2D eigenvalue weighted by molar-refractivity contribution is 4.68. The zero-order valence-corrected chi connectivity index (χ0v) is 8.52. The summed E-state index contributed by atoms with van der Waals surface area (Å²) in [4.78, 5) is 2.35. The zero-order valence-electron chi connectivity index (χ0n) is 8.52. The number of nitrogens with one attached hydrogen (secondary N) is 1. The van der Waals surface area contributed by atoms with Crippen LogP contribution in [-0.4, -0.2) is 38.1 Å². The minimum Gasteiger partial charge on any atom is -0.317 e. The van der Waals surface area contributed by atoms with E-state index in [1.165, 1.54) is 6.54 Å². The van der Waals surface area contributed by atoms with Gasteiger partial charge in [0.1, 0.15) is 0 Å². The summed E-state index contributed by atoms with van der Waals surface area (Å²) < 4.78 is 0. The Morgan fingerprint density at radius 2 is 1.91 bits per heavy atom. The van der Waals surface area contributed by atoms with Gasteiger partial charge in [0, 0.05) is 12.6 Å². The van der Waals surface area contributed by atoms with Crippen molar-refractivity contribution >= 4 is 0 Å². The van der Waals surface area contributed by atoms with Crippen molar-refractivity contribution in [3.8, 4) is 0 Å². The largest absolute Gasteiger partial charge is 0.317 e. The van der Waals surface area contributed by atoms with E-state index in [2.05, 4.69) is 38.0 Å². The van der Waals surface area contributed by atoms with Gasteiger partial charge in [-0.3, -0.25) is 0 Å². The van der Waals surface area contributed by atoms with E-state index in [0.717, 1.165) is 12.5 Å². The fourth-order valence-electron chi connectivity index (χ4n) is 1.06. The van der Waals surface area contributed by atoms with Crippen LogP contribution >= 0.6 is 0 Å². The third kappa shape index (κ3) is 4.38. The molecular weight excluding hydrogens is 136 g/mol. The predicted molar refractivity (Wildman–Crippen MR) is 50.9 cm³/mol. The Morgan fingerprint density at radius 1 is 1.36 bits per heavy atom. The summed E-state index contributed by atoms with van der Waals surface area (Å²) in [5, 5.41) is 3.27. The zero-order chi connectivity index (χ0) is 8.85. The molecule has 2 nitrogen and oxygen atoms in total. The molecule has 0 radical (unpaired) electrons. The first-order valence-corrected chi connectivity index (χ1v) is 4.47. The molecule has 0 aromatic carbocycles. The van der Waals surface area contributed by atoms with Crippen LogP contribution in [0.5, 0.6) is 0 Å². The molecule has 0 amide bonds. The van der Waals surface area contributed by atoms with Gasteiger partial charge in [-0.05, 0) is 33.5 Å². The van der Waals surface area contributed by atoms with Crippen LogP contribution in [0.25, 0.3) is 0 Å². The van der Waals surface area contributed by atoms with Crippen LogP contribution in [0.3, 0.4) is 0 Å². The normalized spacial score (nSPS) is 16.9. The van der Waals surface area contributed by atoms with Crippen molar-refractivity contribution in [2.24, 2.45) is 5.92 Å². The summed E-state index contributed by atoms with van der Waals surface area (Å²) in [6, 6.07) is 0.615. The highest BCUT2D eigenvalue weighted by Gasteiger charge is 2.10. The van der Waals surface area contributed by atoms with Crippen molar-refractivity contribution in [2.45, 2.75) is 26.8 Å². The van der Waals surface area contributed by atoms with Gasteiger partial charge in [0.2, 0.25) is 0 Å². The topological polar surface area (TPSA) is 15.3 Å². The molecule has 0 saturated heterocycles. The van der Waals surface area contributed by atoms with Gasteiger partial charge in [0.25, 0.3) is 0 Å². The molecule has 0 aliphatic carbocycles. The molecule has 0 spiro atoms. The van der Waals surface area contributed by atoms with E-state index in [0.29, 0.717) is 6.04 Å². The number of nitrogens with zero attached hydrogens (tertiary/aromatic N) is 1. The average Bonchev–Trinajstić information content (AvgIpc) is 2.02. The van der Waals surface area contributed by atoms with Gasteiger partial charge in [-0.1, -0.05) is 13.8 Å². The van der Waals surface area contributed by atoms with Crippen molar-refractivity contribution in [1.29, 1.82) is 0 Å². The van der Waals surface area contributed by atoms with Crippen LogP contribution in [0, 0.1) is 5.92 Å². The van der Waals surface area contributed by atoms with Gasteiger partial charge in [-0.2, -0.15) is 0 Å². The second-order valence-corrected chi connectivity index (χ2v) is 3.41. The Morgan fingerprint density at radius 3 is 2.27 bits per heavy atom. The smallest absolute Gasteiger partial charge is 0.00735 e. The molecule has 0 aromatic rings. The molecule has 2 unspecified atom stereocenters. The summed E-state index contributed by atoms with van der Waals surface area (Å²) in [6.07, 6.45) is 0. The van der Waals surface area contributed by atoms with Crippen LogP contribution in [0.2, 0.25) is 0 Å². The lowest BCUT2D eigenvalue weighted by Crippen LogP contribution is -2.36. The van der Waals surface area contributed by atoms with Crippen LogP contribution < -0.4 is 5.32 Å². The van der Waals surface area contributed by atoms with E-state index in [1.807, 2.05) is 7.05 Å². The Bertz CT molecular complexity index is 93.6. The molecule has 0 bridgehead atoms. The summed E-state index contributed by atoms with van der Waals surface area (Å²) >= 11 is 0. The quantitative estimate of drug-likeness (QED) is 0.646. The second kappa shape index (κ2) is 5.56. The maximum absolute atomic E-state index is 3.27. The van der Waals surface area contributed by atoms with Gasteiger partial charge in [-0.25, -0.2) is 0 Å². The third-order valence-corrected chi connectivity index (χ3v) is 2.45. The van der Waals surface area contributed by atoms with Crippen molar-refractivity contribution in [2.75, 3.05) is 27.2 Å². The molecule has 11 heavy (non-hydrogen) atoms. The molecule has 0 saturated carbocycles. The van der Waals surface area contributed by atoms with Crippen molar-refractivity contribution in [3.63, 3.8) is 0 Å². The monoisotopic (exact) mass is 158 g/mol. The molecule has 2 atom stereocenters. The second-order valence-electron chi connectivity index (χ2n) is 3.41. The van der Waals surface area contributed by atoms with Crippen LogP contribution in [0.4, 0.5) is 0 Å². The van der Waals surface area contributed by atoms with E-state index in [1.54, 1.807) is 0 Å². The van der Waals surface area contributed by atoms with Crippen LogP contribution in [0.15, 0.2) is 0 Å². The maximum atomic E-state index is 3.27. The predicted octanol–water partition coefficient (Wildman–Crippen LogP) is 1.18. The van der Waals surface area contributed by atoms with E-state index < -0.39 is 0 Å². The van der Waals surface area contributed by atoms with E-state index >= 15 is 0 Å². The van der Waals surface area contributed by atoms with Crippen molar-refractivity contribution in [1.82, 2.24) is 10.2 Å². The molecular formula is C9H22N2. The SMILES string of the molecule is CCN(C)CC(C)C(C)NC. The van der Waals surface area contributed by atoms with Gasteiger partial charge in [0.15, 0.2) is 0 Å². The van der Waals surface area contributed by atoms with Gasteiger partial charge < -0.3 is 10.2 Å². The number of rotatable bonds is 5. The van der Waals surface area contributed by atoms with Crippen LogP contribution in [-0.2, 0) is 0 Å². The highest BCUT2D eigenvalue weighted by Crippen LogP contribution is 2.03. The summed E-state index contributed by atoms with van der Waals surface area (Å²) in [5.74, 6) is 0.727. The minimum atomic E-state index is 0.615. The molecule has 0 fully saturated rings. The van der Waals surface area contributed by atoms with E-state index in [9.17, 15) is 0 Å². The first-order chi connectivity index (χ1) is 5.11. The fourth-order valence-corrected chi connectivity index (χ4v) is 1.06. The molecule has 68 valence electrons. The van der Waals surface area contributed by atoms with Gasteiger partial charge in [-0.15, -0.1) is 0 Å². The van der Waals surface area contributed by atoms with E-state index in [4.69, 9.17) is 0 Å². The first kappa shape index (κ1) is 10.9. The highest BCUT2D eigenvalue weighted by atomic mass is 15.1. The molecule has 2 heteroatoms.